The first kappa shape index (κ1) is 44.6. The van der Waals surface area contributed by atoms with Gasteiger partial charge in [-0.05, 0) is 109 Å². The van der Waals surface area contributed by atoms with Crippen LogP contribution in [0, 0.1) is 11.8 Å². The maximum atomic E-state index is 12.9. The summed E-state index contributed by atoms with van der Waals surface area (Å²) in [5.41, 5.74) is 1.97. The standard InChI is InChI=1S/C22H30O4.C21H16ClF3N4O3/c1-15(11-17-7-9-19(23-3)21(13-17)25-5)16(2)12-18-8-10-20(24-4)22(14-18)26-6;1-26-19(30)18-11-15(8-9-27-18)32-14-5-2-12(3-6-14)28-20(31)29-13-4-7-17(22)16(10-13)21(23,24)25/h7-10,13-16H,11-12H2,1-6H3;2-11H,1H3,(H,26,30)(H2,28,29,31)/t15-,16+;. The zero-order valence-corrected chi connectivity index (χ0v) is 33.9. The molecule has 3 amide bonds. The van der Waals surface area contributed by atoms with Gasteiger partial charge < -0.3 is 39.6 Å². The Morgan fingerprint density at radius 3 is 1.69 bits per heavy atom. The smallest absolute Gasteiger partial charge is 0.417 e. The van der Waals surface area contributed by atoms with Gasteiger partial charge in [-0.2, -0.15) is 13.2 Å². The molecular formula is C43H46ClF3N4O7. The van der Waals surface area contributed by atoms with E-state index in [1.807, 2.05) is 12.1 Å². The molecule has 3 N–H and O–H groups in total. The lowest BCUT2D eigenvalue weighted by Crippen LogP contribution is -2.19. The van der Waals surface area contributed by atoms with Crippen LogP contribution in [0.4, 0.5) is 29.3 Å². The van der Waals surface area contributed by atoms with Gasteiger partial charge in [-0.1, -0.05) is 37.6 Å². The molecule has 5 rings (SSSR count). The van der Waals surface area contributed by atoms with Crippen molar-refractivity contribution in [2.45, 2.75) is 32.9 Å². The van der Waals surface area contributed by atoms with E-state index in [0.29, 0.717) is 29.0 Å². The molecule has 5 aromatic rings. The molecule has 0 bridgehead atoms. The first-order chi connectivity index (χ1) is 27.7. The van der Waals surface area contributed by atoms with Gasteiger partial charge in [-0.15, -0.1) is 0 Å². The fourth-order valence-corrected chi connectivity index (χ4v) is 5.97. The number of rotatable bonds is 14. The van der Waals surface area contributed by atoms with Crippen molar-refractivity contribution >= 4 is 34.9 Å². The molecule has 1 heterocycles. The largest absolute Gasteiger partial charge is 0.493 e. The average Bonchev–Trinajstić information content (AvgIpc) is 3.21. The molecule has 58 heavy (non-hydrogen) atoms. The molecule has 0 unspecified atom stereocenters. The number of hydrogen-bond donors (Lipinski definition) is 3. The van der Waals surface area contributed by atoms with Crippen molar-refractivity contribution in [2.24, 2.45) is 11.8 Å². The number of anilines is 2. The molecule has 1 aromatic heterocycles. The number of ether oxygens (including phenoxy) is 5. The van der Waals surface area contributed by atoms with Crippen LogP contribution in [0.5, 0.6) is 34.5 Å². The third kappa shape index (κ3) is 12.7. The van der Waals surface area contributed by atoms with Crippen molar-refractivity contribution in [3.05, 3.63) is 125 Å². The minimum Gasteiger partial charge on any atom is -0.493 e. The summed E-state index contributed by atoms with van der Waals surface area (Å²) >= 11 is 5.57. The molecule has 0 saturated carbocycles. The summed E-state index contributed by atoms with van der Waals surface area (Å²) < 4.78 is 65.9. The highest BCUT2D eigenvalue weighted by molar-refractivity contribution is 6.31. The average molecular weight is 823 g/mol. The molecule has 0 radical (unpaired) electrons. The lowest BCUT2D eigenvalue weighted by atomic mass is 9.85. The summed E-state index contributed by atoms with van der Waals surface area (Å²) in [7, 11) is 8.15. The molecular weight excluding hydrogens is 777 g/mol. The number of carbonyl (C=O) groups excluding carboxylic acids is 2. The minimum absolute atomic E-state index is 0.0659. The normalized spacial score (nSPS) is 11.8. The zero-order valence-electron chi connectivity index (χ0n) is 33.1. The summed E-state index contributed by atoms with van der Waals surface area (Å²) in [6.07, 6.45) is -1.22. The van der Waals surface area contributed by atoms with E-state index in [1.165, 1.54) is 36.5 Å². The first-order valence-electron chi connectivity index (χ1n) is 18.0. The van der Waals surface area contributed by atoms with Crippen molar-refractivity contribution in [2.75, 3.05) is 46.1 Å². The van der Waals surface area contributed by atoms with E-state index < -0.39 is 22.8 Å². The Bertz CT molecular complexity index is 2090. The number of hydrogen-bond acceptors (Lipinski definition) is 8. The minimum atomic E-state index is -4.64. The maximum Gasteiger partial charge on any atom is 0.417 e. The summed E-state index contributed by atoms with van der Waals surface area (Å²) in [5.74, 6) is 4.61. The highest BCUT2D eigenvalue weighted by Crippen LogP contribution is 2.36. The van der Waals surface area contributed by atoms with Crippen LogP contribution in [0.25, 0.3) is 0 Å². The number of carbonyl (C=O) groups is 2. The summed E-state index contributed by atoms with van der Waals surface area (Å²) in [6.45, 7) is 4.59. The van der Waals surface area contributed by atoms with Crippen LogP contribution in [0.1, 0.15) is 41.0 Å². The van der Waals surface area contributed by atoms with Crippen LogP contribution in [0.2, 0.25) is 5.02 Å². The summed E-state index contributed by atoms with van der Waals surface area (Å²) in [6, 6.07) is 23.9. The Morgan fingerprint density at radius 1 is 0.672 bits per heavy atom. The third-order valence-corrected chi connectivity index (χ3v) is 9.38. The van der Waals surface area contributed by atoms with E-state index in [9.17, 15) is 22.8 Å². The maximum absolute atomic E-state index is 12.9. The molecule has 15 heteroatoms. The van der Waals surface area contributed by atoms with Crippen LogP contribution in [0.3, 0.4) is 0 Å². The Balaban J connectivity index is 0.000000262. The molecule has 11 nitrogen and oxygen atoms in total. The van der Waals surface area contributed by atoms with Crippen molar-refractivity contribution in [3.8, 4) is 34.5 Å². The number of halogens is 4. The van der Waals surface area contributed by atoms with Gasteiger partial charge in [0.25, 0.3) is 5.91 Å². The van der Waals surface area contributed by atoms with Crippen molar-refractivity contribution < 1.29 is 46.4 Å². The zero-order chi connectivity index (χ0) is 42.4. The lowest BCUT2D eigenvalue weighted by Gasteiger charge is -2.21. The Hall–Kier alpha value is -6.15. The number of urea groups is 1. The van der Waals surface area contributed by atoms with Crippen molar-refractivity contribution in [1.29, 1.82) is 0 Å². The van der Waals surface area contributed by atoms with Gasteiger partial charge >= 0.3 is 12.2 Å². The fraction of sp³-hybridized carbons (Fsp3) is 0.279. The second-order valence-electron chi connectivity index (χ2n) is 13.1. The van der Waals surface area contributed by atoms with E-state index in [0.717, 1.165) is 48.0 Å². The third-order valence-electron chi connectivity index (χ3n) is 9.05. The number of aromatic nitrogens is 1. The molecule has 0 aliphatic rings. The van der Waals surface area contributed by atoms with E-state index >= 15 is 0 Å². The van der Waals surface area contributed by atoms with Crippen LogP contribution in [-0.4, -0.2) is 52.4 Å². The number of benzene rings is 4. The predicted octanol–water partition coefficient (Wildman–Crippen LogP) is 10.3. The van der Waals surface area contributed by atoms with Crippen molar-refractivity contribution in [1.82, 2.24) is 10.3 Å². The number of amides is 3. The second kappa shape index (κ2) is 20.8. The second-order valence-corrected chi connectivity index (χ2v) is 13.5. The summed E-state index contributed by atoms with van der Waals surface area (Å²) in [4.78, 5) is 27.7. The molecule has 0 fully saturated rings. The molecule has 0 aliphatic carbocycles. The number of pyridine rings is 1. The highest BCUT2D eigenvalue weighted by atomic mass is 35.5. The van der Waals surface area contributed by atoms with Gasteiger partial charge in [0.2, 0.25) is 0 Å². The Kier molecular flexibility index (Phi) is 16.0. The molecule has 4 aromatic carbocycles. The topological polar surface area (TPSA) is 129 Å². The van der Waals surface area contributed by atoms with Crippen LogP contribution >= 0.6 is 11.6 Å². The van der Waals surface area contributed by atoms with E-state index in [-0.39, 0.29) is 17.3 Å². The van der Waals surface area contributed by atoms with Gasteiger partial charge in [0.1, 0.15) is 17.2 Å². The van der Waals surface area contributed by atoms with Crippen molar-refractivity contribution in [3.63, 3.8) is 0 Å². The first-order valence-corrected chi connectivity index (χ1v) is 18.4. The SMILES string of the molecule is CNC(=O)c1cc(Oc2ccc(NC(=O)Nc3ccc(Cl)c(C(F)(F)F)c3)cc2)ccn1.COc1ccc(C[C@@H](C)[C@@H](C)Cc2ccc(OC)c(OC)c2)cc1OC. The lowest BCUT2D eigenvalue weighted by molar-refractivity contribution is -0.137. The van der Waals surface area contributed by atoms with Crippen LogP contribution in [0.15, 0.2) is 97.2 Å². The number of alkyl halides is 3. The fourth-order valence-electron chi connectivity index (χ4n) is 5.74. The Labute approximate surface area is 340 Å². The van der Waals surface area contributed by atoms with Crippen LogP contribution < -0.4 is 39.6 Å². The quantitative estimate of drug-likeness (QED) is 0.101. The highest BCUT2D eigenvalue weighted by Gasteiger charge is 2.33. The van der Waals surface area contributed by atoms with Gasteiger partial charge in [0, 0.05) is 30.7 Å². The number of methoxy groups -OCH3 is 4. The molecule has 2 atom stereocenters. The molecule has 0 aliphatic heterocycles. The molecule has 0 spiro atoms. The van der Waals surface area contributed by atoms with E-state index in [2.05, 4.69) is 59.0 Å². The molecule has 308 valence electrons. The van der Waals surface area contributed by atoms with Gasteiger partial charge in [0.05, 0.1) is 39.0 Å². The Morgan fingerprint density at radius 2 is 1.19 bits per heavy atom. The predicted molar refractivity (Wildman–Crippen MR) is 218 cm³/mol. The number of nitrogens with one attached hydrogen (secondary N) is 3. The van der Waals surface area contributed by atoms with Gasteiger partial charge in [-0.25, -0.2) is 4.79 Å². The van der Waals surface area contributed by atoms with Crippen LogP contribution in [-0.2, 0) is 19.0 Å². The summed E-state index contributed by atoms with van der Waals surface area (Å²) in [5, 5.41) is 6.83. The van der Waals surface area contributed by atoms with E-state index in [1.54, 1.807) is 58.8 Å². The van der Waals surface area contributed by atoms with Gasteiger partial charge in [-0.3, -0.25) is 9.78 Å². The van der Waals surface area contributed by atoms with Gasteiger partial charge in [0.15, 0.2) is 23.0 Å². The monoisotopic (exact) mass is 822 g/mol. The molecule has 0 saturated heterocycles. The number of nitrogens with zero attached hydrogens (tertiary/aromatic N) is 1. The van der Waals surface area contributed by atoms with E-state index in [4.69, 9.17) is 35.3 Å².